The number of nitrogens with zero attached hydrogens (tertiary/aromatic N) is 1. The van der Waals surface area contributed by atoms with Gasteiger partial charge in [-0.25, -0.2) is 0 Å². The molecule has 0 aromatic heterocycles. The molecule has 1 atom stereocenters. The van der Waals surface area contributed by atoms with Crippen molar-refractivity contribution < 1.29 is 9.47 Å². The lowest BCUT2D eigenvalue weighted by Crippen LogP contribution is -2.05. The van der Waals surface area contributed by atoms with Crippen molar-refractivity contribution in [3.05, 3.63) is 59.7 Å². The molecule has 0 N–H and O–H groups in total. The second-order valence-electron chi connectivity index (χ2n) is 5.28. The second-order valence-corrected chi connectivity index (χ2v) is 5.28. The Morgan fingerprint density at radius 2 is 1.74 bits per heavy atom. The van der Waals surface area contributed by atoms with Gasteiger partial charge in [0.15, 0.2) is 0 Å². The third kappa shape index (κ3) is 4.75. The molecule has 0 amide bonds. The average molecular weight is 309 g/mol. The molecule has 2 aromatic carbocycles. The molecular weight excluding hydrogens is 286 g/mol. The van der Waals surface area contributed by atoms with E-state index in [1.54, 1.807) is 0 Å². The summed E-state index contributed by atoms with van der Waals surface area (Å²) in [7, 11) is 0. The molecule has 0 aliphatic carbocycles. The molecule has 0 saturated heterocycles. The molecule has 0 fully saturated rings. The molecule has 2 rings (SSSR count). The standard InChI is InChI=1S/C20H23NO2/c1-3-16-7-5-6-8-20(16)23-14-13-18(15-21)17-9-11-19(12-10-17)22-4-2/h5-12,18H,3-4,13-14H2,1-2H3. The monoisotopic (exact) mass is 309 g/mol. The van der Waals surface area contributed by atoms with Gasteiger partial charge in [0.25, 0.3) is 0 Å². The molecule has 120 valence electrons. The zero-order valence-electron chi connectivity index (χ0n) is 13.8. The Hall–Kier alpha value is -2.47. The second kappa shape index (κ2) is 8.85. The van der Waals surface area contributed by atoms with Crippen molar-refractivity contribution in [2.24, 2.45) is 0 Å². The normalized spacial score (nSPS) is 11.5. The van der Waals surface area contributed by atoms with Crippen LogP contribution in [0.4, 0.5) is 0 Å². The van der Waals surface area contributed by atoms with Gasteiger partial charge in [0, 0.05) is 6.42 Å². The van der Waals surface area contributed by atoms with Crippen molar-refractivity contribution in [1.29, 1.82) is 5.26 Å². The van der Waals surface area contributed by atoms with Gasteiger partial charge in [-0.15, -0.1) is 0 Å². The summed E-state index contributed by atoms with van der Waals surface area (Å²) in [6.45, 7) is 5.24. The Kier molecular flexibility index (Phi) is 6.50. The highest BCUT2D eigenvalue weighted by Gasteiger charge is 2.11. The minimum Gasteiger partial charge on any atom is -0.494 e. The van der Waals surface area contributed by atoms with E-state index in [-0.39, 0.29) is 5.92 Å². The van der Waals surface area contributed by atoms with Gasteiger partial charge < -0.3 is 9.47 Å². The molecule has 0 radical (unpaired) electrons. The van der Waals surface area contributed by atoms with Gasteiger partial charge in [0.05, 0.1) is 25.2 Å². The van der Waals surface area contributed by atoms with Gasteiger partial charge in [-0.05, 0) is 42.7 Å². The maximum absolute atomic E-state index is 9.41. The Morgan fingerprint density at radius 3 is 2.39 bits per heavy atom. The summed E-state index contributed by atoms with van der Waals surface area (Å²) in [6.07, 6.45) is 1.61. The summed E-state index contributed by atoms with van der Waals surface area (Å²) in [6, 6.07) is 18.2. The van der Waals surface area contributed by atoms with Crippen molar-refractivity contribution in [3.63, 3.8) is 0 Å². The Bertz CT molecular complexity index is 643. The van der Waals surface area contributed by atoms with E-state index in [4.69, 9.17) is 9.47 Å². The van der Waals surface area contributed by atoms with Crippen molar-refractivity contribution in [3.8, 4) is 17.6 Å². The van der Waals surface area contributed by atoms with Gasteiger partial charge in [-0.2, -0.15) is 5.26 Å². The Labute approximate surface area is 138 Å². The van der Waals surface area contributed by atoms with E-state index in [0.29, 0.717) is 19.6 Å². The number of hydrogen-bond acceptors (Lipinski definition) is 3. The van der Waals surface area contributed by atoms with Gasteiger partial charge in [0.2, 0.25) is 0 Å². The fraction of sp³-hybridized carbons (Fsp3) is 0.350. The minimum absolute atomic E-state index is 0.167. The molecule has 3 nitrogen and oxygen atoms in total. The van der Waals surface area contributed by atoms with Crippen LogP contribution in [-0.4, -0.2) is 13.2 Å². The lowest BCUT2D eigenvalue weighted by molar-refractivity contribution is 0.303. The summed E-state index contributed by atoms with van der Waals surface area (Å²) in [5.74, 6) is 1.58. The van der Waals surface area contributed by atoms with Crippen LogP contribution in [0.25, 0.3) is 0 Å². The maximum atomic E-state index is 9.41. The Balaban J connectivity index is 1.93. The highest BCUT2D eigenvalue weighted by molar-refractivity contribution is 5.34. The minimum atomic E-state index is -0.167. The number of para-hydroxylation sites is 1. The van der Waals surface area contributed by atoms with Crippen molar-refractivity contribution >= 4 is 0 Å². The zero-order chi connectivity index (χ0) is 16.5. The first-order chi connectivity index (χ1) is 11.3. The molecular formula is C20H23NO2. The van der Waals surface area contributed by atoms with Gasteiger partial charge in [-0.1, -0.05) is 37.3 Å². The lowest BCUT2D eigenvalue weighted by Gasteiger charge is -2.13. The number of benzene rings is 2. The molecule has 3 heteroatoms. The van der Waals surface area contributed by atoms with Gasteiger partial charge >= 0.3 is 0 Å². The quantitative estimate of drug-likeness (QED) is 0.708. The van der Waals surface area contributed by atoms with Crippen molar-refractivity contribution in [1.82, 2.24) is 0 Å². The number of ether oxygens (including phenoxy) is 2. The number of hydrogen-bond donors (Lipinski definition) is 0. The van der Waals surface area contributed by atoms with Crippen LogP contribution in [0.5, 0.6) is 11.5 Å². The van der Waals surface area contributed by atoms with Crippen LogP contribution in [0.1, 0.15) is 37.3 Å². The highest BCUT2D eigenvalue weighted by Crippen LogP contribution is 2.24. The van der Waals surface area contributed by atoms with Gasteiger partial charge in [0.1, 0.15) is 11.5 Å². The molecule has 23 heavy (non-hydrogen) atoms. The van der Waals surface area contributed by atoms with Crippen LogP contribution in [0.3, 0.4) is 0 Å². The van der Waals surface area contributed by atoms with Crippen LogP contribution >= 0.6 is 0 Å². The third-order valence-electron chi connectivity index (χ3n) is 3.77. The molecule has 0 saturated carbocycles. The van der Waals surface area contributed by atoms with E-state index in [2.05, 4.69) is 19.1 Å². The number of nitriles is 1. The predicted octanol–water partition coefficient (Wildman–Crippen LogP) is 4.72. The summed E-state index contributed by atoms with van der Waals surface area (Å²) < 4.78 is 11.3. The predicted molar refractivity (Wildman–Crippen MR) is 91.9 cm³/mol. The molecule has 0 aliphatic heterocycles. The fourth-order valence-corrected chi connectivity index (χ4v) is 2.49. The fourth-order valence-electron chi connectivity index (χ4n) is 2.49. The van der Waals surface area contributed by atoms with E-state index >= 15 is 0 Å². The summed E-state index contributed by atoms with van der Waals surface area (Å²) in [4.78, 5) is 0. The molecule has 0 aliphatic rings. The van der Waals surface area contributed by atoms with E-state index in [0.717, 1.165) is 23.5 Å². The number of aryl methyl sites for hydroxylation is 1. The maximum Gasteiger partial charge on any atom is 0.122 e. The first-order valence-electron chi connectivity index (χ1n) is 8.11. The lowest BCUT2D eigenvalue weighted by atomic mass is 9.97. The van der Waals surface area contributed by atoms with Crippen LogP contribution < -0.4 is 9.47 Å². The molecule has 0 bridgehead atoms. The first-order valence-corrected chi connectivity index (χ1v) is 8.11. The topological polar surface area (TPSA) is 42.2 Å². The van der Waals surface area contributed by atoms with E-state index in [1.165, 1.54) is 5.56 Å². The summed E-state index contributed by atoms with van der Waals surface area (Å²) >= 11 is 0. The highest BCUT2D eigenvalue weighted by atomic mass is 16.5. The van der Waals surface area contributed by atoms with Crippen molar-refractivity contribution in [2.45, 2.75) is 32.6 Å². The van der Waals surface area contributed by atoms with E-state index in [1.807, 2.05) is 49.4 Å². The molecule has 2 aromatic rings. The SMILES string of the molecule is CCOc1ccc(C(C#N)CCOc2ccccc2CC)cc1. The molecule has 0 spiro atoms. The largest absolute Gasteiger partial charge is 0.494 e. The van der Waals surface area contributed by atoms with Gasteiger partial charge in [-0.3, -0.25) is 0 Å². The van der Waals surface area contributed by atoms with Crippen LogP contribution in [0, 0.1) is 11.3 Å². The average Bonchev–Trinajstić information content (AvgIpc) is 2.60. The molecule has 1 unspecified atom stereocenters. The third-order valence-corrected chi connectivity index (χ3v) is 3.77. The van der Waals surface area contributed by atoms with Crippen LogP contribution in [0.15, 0.2) is 48.5 Å². The van der Waals surface area contributed by atoms with Crippen LogP contribution in [-0.2, 0) is 6.42 Å². The van der Waals surface area contributed by atoms with E-state index < -0.39 is 0 Å². The number of rotatable bonds is 8. The first kappa shape index (κ1) is 16.9. The molecule has 0 heterocycles. The Morgan fingerprint density at radius 1 is 1.00 bits per heavy atom. The summed E-state index contributed by atoms with van der Waals surface area (Å²) in [5, 5.41) is 9.41. The smallest absolute Gasteiger partial charge is 0.122 e. The zero-order valence-corrected chi connectivity index (χ0v) is 13.8. The van der Waals surface area contributed by atoms with E-state index in [9.17, 15) is 5.26 Å². The van der Waals surface area contributed by atoms with Crippen molar-refractivity contribution in [2.75, 3.05) is 13.2 Å². The summed E-state index contributed by atoms with van der Waals surface area (Å²) in [5.41, 5.74) is 2.20. The van der Waals surface area contributed by atoms with Crippen LogP contribution in [0.2, 0.25) is 0 Å².